The number of anilines is 1. The first-order valence-corrected chi connectivity index (χ1v) is 9.30. The fourth-order valence-corrected chi connectivity index (χ4v) is 3.24. The quantitative estimate of drug-likeness (QED) is 0.496. The van der Waals surface area contributed by atoms with Crippen LogP contribution in [0.25, 0.3) is 11.8 Å². The van der Waals surface area contributed by atoms with E-state index >= 15 is 0 Å². The van der Waals surface area contributed by atoms with E-state index in [1.807, 2.05) is 44.2 Å². The topological polar surface area (TPSA) is 57.8 Å². The lowest BCUT2D eigenvalue weighted by Crippen LogP contribution is -2.13. The van der Waals surface area contributed by atoms with Gasteiger partial charge < -0.3 is 9.88 Å². The fourth-order valence-electron chi connectivity index (χ4n) is 3.24. The van der Waals surface area contributed by atoms with Crippen molar-refractivity contribution in [2.75, 3.05) is 5.32 Å². The monoisotopic (exact) mass is 369 g/mol. The van der Waals surface area contributed by atoms with Gasteiger partial charge >= 0.3 is 0 Å². The molecular formula is C24H23N3O. The van der Waals surface area contributed by atoms with E-state index in [1.165, 1.54) is 5.56 Å². The highest BCUT2D eigenvalue weighted by atomic mass is 16.1. The van der Waals surface area contributed by atoms with Crippen molar-refractivity contribution in [3.8, 4) is 11.8 Å². The third kappa shape index (κ3) is 4.05. The first-order chi connectivity index (χ1) is 13.5. The second-order valence-corrected chi connectivity index (χ2v) is 6.67. The number of para-hydroxylation sites is 1. The molecule has 1 heterocycles. The first-order valence-electron chi connectivity index (χ1n) is 9.30. The average molecular weight is 369 g/mol. The summed E-state index contributed by atoms with van der Waals surface area (Å²) in [6.07, 6.45) is 2.65. The molecule has 4 heteroatoms. The van der Waals surface area contributed by atoms with Gasteiger partial charge in [-0.3, -0.25) is 4.79 Å². The molecule has 3 aromatic rings. The van der Waals surface area contributed by atoms with E-state index in [9.17, 15) is 10.1 Å². The summed E-state index contributed by atoms with van der Waals surface area (Å²) in [7, 11) is 0. The molecule has 0 bridgehead atoms. The molecule has 0 radical (unpaired) electrons. The van der Waals surface area contributed by atoms with Crippen LogP contribution in [-0.4, -0.2) is 10.5 Å². The van der Waals surface area contributed by atoms with Crippen molar-refractivity contribution in [1.29, 1.82) is 5.26 Å². The lowest BCUT2D eigenvalue weighted by molar-refractivity contribution is -0.112. The maximum absolute atomic E-state index is 12.5. The van der Waals surface area contributed by atoms with Gasteiger partial charge in [-0.05, 0) is 67.8 Å². The van der Waals surface area contributed by atoms with Crippen LogP contribution in [0.1, 0.15) is 29.4 Å². The largest absolute Gasteiger partial charge is 0.321 e. The van der Waals surface area contributed by atoms with E-state index in [0.717, 1.165) is 29.1 Å². The van der Waals surface area contributed by atoms with Crippen LogP contribution in [0.4, 0.5) is 5.69 Å². The SMILES string of the molecule is CCc1ccc(-n2c(C)cc(/C=C(\C#N)C(=O)Nc3ccccc3)c2C)cc1. The van der Waals surface area contributed by atoms with Gasteiger partial charge in [-0.25, -0.2) is 0 Å². The summed E-state index contributed by atoms with van der Waals surface area (Å²) in [5, 5.41) is 12.3. The lowest BCUT2D eigenvalue weighted by atomic mass is 10.1. The second kappa shape index (κ2) is 8.41. The summed E-state index contributed by atoms with van der Waals surface area (Å²) < 4.78 is 2.13. The number of nitrogens with one attached hydrogen (secondary N) is 1. The van der Waals surface area contributed by atoms with Crippen LogP contribution in [-0.2, 0) is 11.2 Å². The van der Waals surface area contributed by atoms with Crippen molar-refractivity contribution in [3.63, 3.8) is 0 Å². The number of hydrogen-bond acceptors (Lipinski definition) is 2. The summed E-state index contributed by atoms with van der Waals surface area (Å²) >= 11 is 0. The summed E-state index contributed by atoms with van der Waals surface area (Å²) in [4.78, 5) is 12.5. The Labute approximate surface area is 165 Å². The molecule has 0 aliphatic rings. The number of carbonyl (C=O) groups excluding carboxylic acids is 1. The van der Waals surface area contributed by atoms with Crippen molar-refractivity contribution in [2.45, 2.75) is 27.2 Å². The highest BCUT2D eigenvalue weighted by Crippen LogP contribution is 2.23. The zero-order valence-electron chi connectivity index (χ0n) is 16.4. The lowest BCUT2D eigenvalue weighted by Gasteiger charge is -2.10. The van der Waals surface area contributed by atoms with Crippen LogP contribution in [0.15, 0.2) is 66.2 Å². The summed E-state index contributed by atoms with van der Waals surface area (Å²) in [6.45, 7) is 6.15. The van der Waals surface area contributed by atoms with Gasteiger partial charge in [-0.1, -0.05) is 37.3 Å². The van der Waals surface area contributed by atoms with Gasteiger partial charge in [0, 0.05) is 22.8 Å². The Morgan fingerprint density at radius 1 is 1.11 bits per heavy atom. The number of aromatic nitrogens is 1. The predicted octanol–water partition coefficient (Wildman–Crippen LogP) is 5.20. The van der Waals surface area contributed by atoms with Gasteiger partial charge in [0.25, 0.3) is 5.91 Å². The van der Waals surface area contributed by atoms with Crippen LogP contribution >= 0.6 is 0 Å². The van der Waals surface area contributed by atoms with Crippen LogP contribution in [0, 0.1) is 25.2 Å². The summed E-state index contributed by atoms with van der Waals surface area (Å²) in [5.41, 5.74) is 5.99. The molecular weight excluding hydrogens is 346 g/mol. The molecule has 4 nitrogen and oxygen atoms in total. The number of aryl methyl sites for hydroxylation is 2. The second-order valence-electron chi connectivity index (χ2n) is 6.67. The van der Waals surface area contributed by atoms with Crippen molar-refractivity contribution >= 4 is 17.7 Å². The van der Waals surface area contributed by atoms with Crippen molar-refractivity contribution in [2.24, 2.45) is 0 Å². The molecule has 1 N–H and O–H groups in total. The van der Waals surface area contributed by atoms with Gasteiger partial charge in [-0.2, -0.15) is 5.26 Å². The molecule has 0 aliphatic carbocycles. The smallest absolute Gasteiger partial charge is 0.266 e. The van der Waals surface area contributed by atoms with Crippen LogP contribution in [0.2, 0.25) is 0 Å². The molecule has 0 spiro atoms. The van der Waals surface area contributed by atoms with Crippen LogP contribution in [0.5, 0.6) is 0 Å². The number of carbonyl (C=O) groups is 1. The maximum atomic E-state index is 12.5. The Balaban J connectivity index is 1.92. The molecule has 0 atom stereocenters. The Morgan fingerprint density at radius 2 is 1.79 bits per heavy atom. The number of benzene rings is 2. The van der Waals surface area contributed by atoms with Crippen LogP contribution < -0.4 is 5.32 Å². The molecule has 0 unspecified atom stereocenters. The van der Waals surface area contributed by atoms with Crippen LogP contribution in [0.3, 0.4) is 0 Å². The normalized spacial score (nSPS) is 11.1. The predicted molar refractivity (Wildman–Crippen MR) is 113 cm³/mol. The van der Waals surface area contributed by atoms with E-state index < -0.39 is 5.91 Å². The Kier molecular flexibility index (Phi) is 5.76. The van der Waals surface area contributed by atoms with E-state index in [4.69, 9.17) is 0 Å². The van der Waals surface area contributed by atoms with Gasteiger partial charge in [0.2, 0.25) is 0 Å². The molecule has 2 aromatic carbocycles. The zero-order chi connectivity index (χ0) is 20.1. The number of nitriles is 1. The zero-order valence-corrected chi connectivity index (χ0v) is 16.4. The molecule has 0 aliphatic heterocycles. The average Bonchev–Trinajstić information content (AvgIpc) is 3.00. The minimum Gasteiger partial charge on any atom is -0.321 e. The minimum atomic E-state index is -0.411. The summed E-state index contributed by atoms with van der Waals surface area (Å²) in [5.74, 6) is -0.411. The molecule has 0 fully saturated rings. The van der Waals surface area contributed by atoms with E-state index in [2.05, 4.69) is 41.1 Å². The number of hydrogen-bond donors (Lipinski definition) is 1. The van der Waals surface area contributed by atoms with E-state index in [0.29, 0.717) is 5.69 Å². The molecule has 0 saturated heterocycles. The van der Waals surface area contributed by atoms with Crippen molar-refractivity contribution in [3.05, 3.63) is 88.8 Å². The molecule has 140 valence electrons. The highest BCUT2D eigenvalue weighted by molar-refractivity contribution is 6.09. The number of amides is 1. The van der Waals surface area contributed by atoms with Crippen molar-refractivity contribution in [1.82, 2.24) is 4.57 Å². The maximum Gasteiger partial charge on any atom is 0.266 e. The minimum absolute atomic E-state index is 0.0745. The Bertz CT molecular complexity index is 1050. The summed E-state index contributed by atoms with van der Waals surface area (Å²) in [6, 6.07) is 21.6. The van der Waals surface area contributed by atoms with Gasteiger partial charge in [0.15, 0.2) is 0 Å². The number of nitrogens with zero attached hydrogens (tertiary/aromatic N) is 2. The molecule has 0 saturated carbocycles. The third-order valence-corrected chi connectivity index (χ3v) is 4.77. The fraction of sp³-hybridized carbons (Fsp3) is 0.167. The molecule has 3 rings (SSSR count). The van der Waals surface area contributed by atoms with E-state index in [-0.39, 0.29) is 5.57 Å². The molecule has 28 heavy (non-hydrogen) atoms. The molecule has 1 aromatic heterocycles. The van der Waals surface area contributed by atoms with Crippen molar-refractivity contribution < 1.29 is 4.79 Å². The highest BCUT2D eigenvalue weighted by Gasteiger charge is 2.14. The van der Waals surface area contributed by atoms with Gasteiger partial charge in [0.05, 0.1) is 0 Å². The van der Waals surface area contributed by atoms with Gasteiger partial charge in [-0.15, -0.1) is 0 Å². The Hall–Kier alpha value is -3.58. The first kappa shape index (κ1) is 19.2. The number of rotatable bonds is 5. The van der Waals surface area contributed by atoms with E-state index in [1.54, 1.807) is 18.2 Å². The standard InChI is InChI=1S/C24H23N3O/c1-4-19-10-12-23(13-11-19)27-17(2)14-20(18(27)3)15-21(16-25)24(28)26-22-8-6-5-7-9-22/h5-15H,4H2,1-3H3,(H,26,28)/b21-15+. The Morgan fingerprint density at radius 3 is 2.39 bits per heavy atom. The van der Waals surface area contributed by atoms with Gasteiger partial charge in [0.1, 0.15) is 11.6 Å². The molecule has 1 amide bonds. The third-order valence-electron chi connectivity index (χ3n) is 4.77.